The van der Waals surface area contributed by atoms with Crippen LogP contribution in [0.3, 0.4) is 0 Å². The second-order valence-electron chi connectivity index (χ2n) is 6.73. The Bertz CT molecular complexity index is 774. The zero-order valence-corrected chi connectivity index (χ0v) is 13.6. The summed E-state index contributed by atoms with van der Waals surface area (Å²) in [6.07, 6.45) is 4.35. The summed E-state index contributed by atoms with van der Waals surface area (Å²) in [5, 5.41) is 14.6. The third kappa shape index (κ3) is 2.51. The molecule has 23 heavy (non-hydrogen) atoms. The highest BCUT2D eigenvalue weighted by Gasteiger charge is 2.35. The van der Waals surface area contributed by atoms with Crippen LogP contribution in [0.5, 0.6) is 0 Å². The Morgan fingerprint density at radius 2 is 2.13 bits per heavy atom. The van der Waals surface area contributed by atoms with E-state index < -0.39 is 0 Å². The lowest BCUT2D eigenvalue weighted by Crippen LogP contribution is -2.35. The van der Waals surface area contributed by atoms with E-state index in [1.807, 2.05) is 24.9 Å². The van der Waals surface area contributed by atoms with E-state index >= 15 is 0 Å². The van der Waals surface area contributed by atoms with E-state index in [1.165, 1.54) is 0 Å². The Morgan fingerprint density at radius 1 is 1.39 bits per heavy atom. The van der Waals surface area contributed by atoms with Crippen LogP contribution in [-0.4, -0.2) is 49.9 Å². The highest BCUT2D eigenvalue weighted by Crippen LogP contribution is 2.41. The van der Waals surface area contributed by atoms with Crippen molar-refractivity contribution in [1.29, 1.82) is 0 Å². The maximum absolute atomic E-state index is 13.1. The van der Waals surface area contributed by atoms with Gasteiger partial charge in [0.2, 0.25) is 0 Å². The van der Waals surface area contributed by atoms with Crippen molar-refractivity contribution in [3.63, 3.8) is 0 Å². The quantitative estimate of drug-likeness (QED) is 0.913. The molecular formula is C17H22N4O2. The van der Waals surface area contributed by atoms with Crippen LogP contribution in [0.25, 0.3) is 11.0 Å². The standard InChI is InChI=1S/C17H22N4O2/c1-10-15-13(17(23)21(7-8-22)12-5-6-12)9-14(11-3-4-11)18-16(15)20(2)19-10/h9,11-12,22H,3-8H2,1-2H3. The fraction of sp³-hybridized carbons (Fsp3) is 0.588. The molecule has 1 amide bonds. The Morgan fingerprint density at radius 3 is 2.74 bits per heavy atom. The molecule has 2 aromatic heterocycles. The van der Waals surface area contributed by atoms with Crippen LogP contribution in [0.1, 0.15) is 53.3 Å². The normalized spacial score (nSPS) is 17.7. The van der Waals surface area contributed by atoms with E-state index in [0.29, 0.717) is 18.0 Å². The molecule has 0 spiro atoms. The summed E-state index contributed by atoms with van der Waals surface area (Å²) >= 11 is 0. The molecule has 2 aliphatic carbocycles. The number of aromatic nitrogens is 3. The van der Waals surface area contributed by atoms with Gasteiger partial charge in [0.25, 0.3) is 5.91 Å². The molecule has 0 bridgehead atoms. The Labute approximate surface area is 135 Å². The molecule has 0 aliphatic heterocycles. The Kier molecular flexibility index (Phi) is 3.37. The number of amides is 1. The van der Waals surface area contributed by atoms with Crippen LogP contribution in [0.2, 0.25) is 0 Å². The number of aliphatic hydroxyl groups is 1. The van der Waals surface area contributed by atoms with Crippen LogP contribution in [-0.2, 0) is 7.05 Å². The van der Waals surface area contributed by atoms with Crippen molar-refractivity contribution in [2.24, 2.45) is 7.05 Å². The fourth-order valence-electron chi connectivity index (χ4n) is 3.32. The largest absolute Gasteiger partial charge is 0.395 e. The first-order valence-electron chi connectivity index (χ1n) is 8.36. The molecule has 2 aromatic rings. The van der Waals surface area contributed by atoms with Gasteiger partial charge in [-0.2, -0.15) is 5.10 Å². The summed E-state index contributed by atoms with van der Waals surface area (Å²) in [5.41, 5.74) is 3.32. The van der Waals surface area contributed by atoms with Gasteiger partial charge in [0.15, 0.2) is 5.65 Å². The van der Waals surface area contributed by atoms with E-state index in [1.54, 1.807) is 4.68 Å². The lowest BCUT2D eigenvalue weighted by Gasteiger charge is -2.22. The second kappa shape index (κ2) is 5.30. The van der Waals surface area contributed by atoms with Crippen LogP contribution in [0.15, 0.2) is 6.07 Å². The van der Waals surface area contributed by atoms with E-state index in [0.717, 1.165) is 48.1 Å². The molecule has 122 valence electrons. The zero-order chi connectivity index (χ0) is 16.1. The van der Waals surface area contributed by atoms with E-state index in [2.05, 4.69) is 5.10 Å². The number of fused-ring (bicyclic) bond motifs is 1. The summed E-state index contributed by atoms with van der Waals surface area (Å²) in [7, 11) is 1.87. The van der Waals surface area contributed by atoms with Crippen LogP contribution < -0.4 is 0 Å². The Hall–Kier alpha value is -1.95. The number of aliphatic hydroxyl groups excluding tert-OH is 1. The van der Waals surface area contributed by atoms with Gasteiger partial charge >= 0.3 is 0 Å². The second-order valence-corrected chi connectivity index (χ2v) is 6.73. The van der Waals surface area contributed by atoms with E-state index in [-0.39, 0.29) is 18.6 Å². The van der Waals surface area contributed by atoms with Gasteiger partial charge < -0.3 is 10.0 Å². The maximum Gasteiger partial charge on any atom is 0.255 e. The predicted octanol–water partition coefficient (Wildman–Crippen LogP) is 1.75. The highest BCUT2D eigenvalue weighted by molar-refractivity contribution is 6.06. The smallest absolute Gasteiger partial charge is 0.255 e. The first-order chi connectivity index (χ1) is 11.1. The average Bonchev–Trinajstić information content (AvgIpc) is 3.43. The van der Waals surface area contributed by atoms with E-state index in [9.17, 15) is 9.90 Å². The van der Waals surface area contributed by atoms with Crippen molar-refractivity contribution in [3.05, 3.63) is 23.0 Å². The molecule has 4 rings (SSSR count). The van der Waals surface area contributed by atoms with Gasteiger partial charge in [0, 0.05) is 31.2 Å². The molecule has 0 radical (unpaired) electrons. The molecule has 2 saturated carbocycles. The lowest BCUT2D eigenvalue weighted by atomic mass is 10.1. The Balaban J connectivity index is 1.85. The first-order valence-corrected chi connectivity index (χ1v) is 8.36. The van der Waals surface area contributed by atoms with Gasteiger partial charge in [0.1, 0.15) is 0 Å². The van der Waals surface area contributed by atoms with Crippen molar-refractivity contribution in [1.82, 2.24) is 19.7 Å². The van der Waals surface area contributed by atoms with Crippen molar-refractivity contribution < 1.29 is 9.90 Å². The lowest BCUT2D eigenvalue weighted by molar-refractivity contribution is 0.0709. The van der Waals surface area contributed by atoms with Gasteiger partial charge in [-0.1, -0.05) is 0 Å². The molecule has 0 unspecified atom stereocenters. The van der Waals surface area contributed by atoms with Crippen molar-refractivity contribution in [2.75, 3.05) is 13.2 Å². The minimum atomic E-state index is -0.00201. The first kappa shape index (κ1) is 14.6. The monoisotopic (exact) mass is 314 g/mol. The van der Waals surface area contributed by atoms with Gasteiger partial charge in [-0.05, 0) is 38.7 Å². The number of carbonyl (C=O) groups excluding carboxylic acids is 1. The number of rotatable bonds is 5. The number of nitrogens with zero attached hydrogens (tertiary/aromatic N) is 4. The topological polar surface area (TPSA) is 71.2 Å². The molecule has 0 aromatic carbocycles. The molecule has 1 N–H and O–H groups in total. The van der Waals surface area contributed by atoms with Crippen molar-refractivity contribution in [3.8, 4) is 0 Å². The fourth-order valence-corrected chi connectivity index (χ4v) is 3.32. The number of pyridine rings is 1. The summed E-state index contributed by atoms with van der Waals surface area (Å²) in [4.78, 5) is 19.7. The summed E-state index contributed by atoms with van der Waals surface area (Å²) in [6.45, 7) is 2.31. The third-order valence-corrected chi connectivity index (χ3v) is 4.80. The molecule has 2 aliphatic rings. The van der Waals surface area contributed by atoms with Crippen LogP contribution >= 0.6 is 0 Å². The molecular weight excluding hydrogens is 292 g/mol. The zero-order valence-electron chi connectivity index (χ0n) is 13.6. The molecule has 6 nitrogen and oxygen atoms in total. The summed E-state index contributed by atoms with van der Waals surface area (Å²) < 4.78 is 1.76. The van der Waals surface area contributed by atoms with Crippen LogP contribution in [0, 0.1) is 6.92 Å². The van der Waals surface area contributed by atoms with Gasteiger partial charge in [0.05, 0.1) is 23.3 Å². The molecule has 6 heteroatoms. The van der Waals surface area contributed by atoms with Gasteiger partial charge in [-0.15, -0.1) is 0 Å². The van der Waals surface area contributed by atoms with Crippen LogP contribution in [0.4, 0.5) is 0 Å². The molecule has 2 fully saturated rings. The predicted molar refractivity (Wildman–Crippen MR) is 86.4 cm³/mol. The minimum absolute atomic E-state index is 0.00201. The number of hydrogen-bond donors (Lipinski definition) is 1. The number of carbonyl (C=O) groups is 1. The van der Waals surface area contributed by atoms with Crippen molar-refractivity contribution >= 4 is 16.9 Å². The molecule has 0 atom stereocenters. The van der Waals surface area contributed by atoms with Crippen molar-refractivity contribution in [2.45, 2.75) is 44.6 Å². The maximum atomic E-state index is 13.1. The molecule has 0 saturated heterocycles. The van der Waals surface area contributed by atoms with Gasteiger partial charge in [-0.25, -0.2) is 4.98 Å². The summed E-state index contributed by atoms with van der Waals surface area (Å²) in [5.74, 6) is 0.486. The highest BCUT2D eigenvalue weighted by atomic mass is 16.3. The number of hydrogen-bond acceptors (Lipinski definition) is 4. The molecule has 2 heterocycles. The SMILES string of the molecule is Cc1nn(C)c2nc(C3CC3)cc(C(=O)N(CCO)C3CC3)c12. The minimum Gasteiger partial charge on any atom is -0.395 e. The summed E-state index contributed by atoms with van der Waals surface area (Å²) in [6, 6.07) is 2.24. The third-order valence-electron chi connectivity index (χ3n) is 4.80. The number of aryl methyl sites for hydroxylation is 2. The average molecular weight is 314 g/mol. The van der Waals surface area contributed by atoms with E-state index in [4.69, 9.17) is 4.98 Å². The van der Waals surface area contributed by atoms with Gasteiger partial charge in [-0.3, -0.25) is 9.48 Å².